The van der Waals surface area contributed by atoms with E-state index in [1.807, 2.05) is 19.9 Å². The summed E-state index contributed by atoms with van der Waals surface area (Å²) in [6, 6.07) is 5.47. The number of nitrogens with two attached hydrogens (primary N) is 1. The van der Waals surface area contributed by atoms with Crippen LogP contribution in [0.5, 0.6) is 5.75 Å². The molecule has 1 heterocycles. The molecular formula is C33H60N4O7. The molecule has 0 bridgehead atoms. The third-order valence-electron chi connectivity index (χ3n) is 7.49. The summed E-state index contributed by atoms with van der Waals surface area (Å²) in [7, 11) is 1.69. The summed E-state index contributed by atoms with van der Waals surface area (Å²) < 4.78 is 22.3. The Morgan fingerprint density at radius 1 is 1.14 bits per heavy atom. The number of nitrogens with one attached hydrogen (secondary N) is 2. The molecule has 2 unspecified atom stereocenters. The van der Waals surface area contributed by atoms with E-state index in [2.05, 4.69) is 34.6 Å². The van der Waals surface area contributed by atoms with Crippen LogP contribution >= 0.6 is 0 Å². The maximum absolute atomic E-state index is 12.9. The molecule has 0 spiro atoms. The highest BCUT2D eigenvalue weighted by Gasteiger charge is 2.25. The molecule has 2 amide bonds. The van der Waals surface area contributed by atoms with Gasteiger partial charge >= 0.3 is 0 Å². The van der Waals surface area contributed by atoms with Crippen molar-refractivity contribution in [2.45, 2.75) is 84.9 Å². The van der Waals surface area contributed by atoms with Gasteiger partial charge in [0, 0.05) is 65.4 Å². The number of aliphatic hydroxyl groups is 1. The highest BCUT2D eigenvalue weighted by molar-refractivity contribution is 5.87. The minimum Gasteiger partial charge on any atom is -0.493 e. The zero-order chi connectivity index (χ0) is 32.6. The number of aliphatic hydroxyl groups excluding tert-OH is 1. The van der Waals surface area contributed by atoms with E-state index in [1.54, 1.807) is 14.0 Å². The van der Waals surface area contributed by atoms with Gasteiger partial charge < -0.3 is 40.4 Å². The van der Waals surface area contributed by atoms with Gasteiger partial charge in [0.25, 0.3) is 0 Å². The number of carbonyl (C=O) groups excluding carboxylic acids is 2. The largest absolute Gasteiger partial charge is 0.493 e. The van der Waals surface area contributed by atoms with Crippen LogP contribution in [0, 0.1) is 5.92 Å². The van der Waals surface area contributed by atoms with E-state index in [1.165, 1.54) is 5.56 Å². The number of ether oxygens (including phenoxy) is 4. The van der Waals surface area contributed by atoms with Gasteiger partial charge in [-0.1, -0.05) is 39.3 Å². The van der Waals surface area contributed by atoms with Gasteiger partial charge in [0.05, 0.1) is 33.0 Å². The molecule has 0 aliphatic carbocycles. The smallest absolute Gasteiger partial charge is 0.242 e. The molecule has 1 aromatic rings. The average molecular weight is 625 g/mol. The molecule has 2 rings (SSSR count). The monoisotopic (exact) mass is 624 g/mol. The van der Waals surface area contributed by atoms with E-state index >= 15 is 0 Å². The predicted molar refractivity (Wildman–Crippen MR) is 174 cm³/mol. The summed E-state index contributed by atoms with van der Waals surface area (Å²) in [6.07, 6.45) is 4.16. The van der Waals surface area contributed by atoms with Crippen molar-refractivity contribution in [3.63, 3.8) is 0 Å². The Hall–Kier alpha value is -2.28. The fraction of sp³-hybridized carbons (Fsp3) is 0.758. The van der Waals surface area contributed by atoms with Crippen molar-refractivity contribution in [1.82, 2.24) is 15.5 Å². The van der Waals surface area contributed by atoms with Crippen LogP contribution < -0.4 is 21.1 Å². The van der Waals surface area contributed by atoms with Gasteiger partial charge in [-0.25, -0.2) is 0 Å². The SMILES string of the molecule is CCO.CCc1ccc(COCC(N)CCCC(=O)NC(C(=O)NCCN2CCOCC2)[C@@H](C)CC)cc1OCCCOC. The molecule has 1 aliphatic heterocycles. The van der Waals surface area contributed by atoms with Crippen molar-refractivity contribution < 1.29 is 33.6 Å². The van der Waals surface area contributed by atoms with Crippen molar-refractivity contribution in [1.29, 1.82) is 0 Å². The Kier molecular flexibility index (Phi) is 22.6. The molecule has 11 nitrogen and oxygen atoms in total. The Morgan fingerprint density at radius 2 is 1.86 bits per heavy atom. The molecule has 3 atom stereocenters. The number of amides is 2. The van der Waals surface area contributed by atoms with Gasteiger partial charge in [-0.15, -0.1) is 0 Å². The van der Waals surface area contributed by atoms with Crippen LogP contribution in [0.3, 0.4) is 0 Å². The van der Waals surface area contributed by atoms with Crippen LogP contribution in [0.25, 0.3) is 0 Å². The zero-order valence-electron chi connectivity index (χ0n) is 27.9. The number of carbonyl (C=O) groups is 2. The molecule has 11 heteroatoms. The lowest BCUT2D eigenvalue weighted by atomic mass is 9.98. The normalized spacial score (nSPS) is 15.4. The van der Waals surface area contributed by atoms with Gasteiger partial charge in [-0.05, 0) is 49.3 Å². The number of hydrogen-bond donors (Lipinski definition) is 4. The number of nitrogens with zero attached hydrogens (tertiary/aromatic N) is 1. The Bertz CT molecular complexity index is 899. The van der Waals surface area contributed by atoms with Gasteiger partial charge in [0.1, 0.15) is 11.8 Å². The second-order valence-electron chi connectivity index (χ2n) is 11.1. The molecule has 0 radical (unpaired) electrons. The third-order valence-corrected chi connectivity index (χ3v) is 7.49. The van der Waals surface area contributed by atoms with Gasteiger partial charge in [0.2, 0.25) is 11.8 Å². The van der Waals surface area contributed by atoms with E-state index in [-0.39, 0.29) is 30.4 Å². The minimum atomic E-state index is -0.540. The number of benzene rings is 1. The number of hydrogen-bond acceptors (Lipinski definition) is 9. The third kappa shape index (κ3) is 17.3. The first-order valence-corrected chi connectivity index (χ1v) is 16.3. The second kappa shape index (κ2) is 25.0. The molecule has 254 valence electrons. The first-order valence-electron chi connectivity index (χ1n) is 16.3. The lowest BCUT2D eigenvalue weighted by Gasteiger charge is -2.27. The fourth-order valence-corrected chi connectivity index (χ4v) is 4.66. The first kappa shape index (κ1) is 39.7. The van der Waals surface area contributed by atoms with E-state index in [9.17, 15) is 9.59 Å². The summed E-state index contributed by atoms with van der Waals surface area (Å²) in [5, 5.41) is 13.5. The topological polar surface area (TPSA) is 145 Å². The van der Waals surface area contributed by atoms with Gasteiger partial charge in [0.15, 0.2) is 0 Å². The first-order chi connectivity index (χ1) is 21.3. The maximum Gasteiger partial charge on any atom is 0.242 e. The van der Waals surface area contributed by atoms with Crippen LogP contribution in [0.2, 0.25) is 0 Å². The minimum absolute atomic E-state index is 0.0423. The Balaban J connectivity index is 0.00000309. The Labute approximate surface area is 265 Å². The van der Waals surface area contributed by atoms with E-state index in [0.717, 1.165) is 63.4 Å². The molecule has 1 saturated heterocycles. The standard InChI is InChI=1S/C31H54N4O6.C2H6O/c1-5-24(3)30(31(37)33-13-14-35-15-19-39-20-16-35)34-29(36)10-7-9-27(32)23-40-22-25-11-12-26(6-2)28(21-25)41-18-8-17-38-4;1-2-3/h11-12,21,24,27,30H,5-10,13-20,22-23,32H2,1-4H3,(H,33,37)(H,34,36);3H,2H2,1H3/t24-,27?,30?;/m0./s1. The van der Waals surface area contributed by atoms with E-state index in [0.29, 0.717) is 52.2 Å². The highest BCUT2D eigenvalue weighted by Crippen LogP contribution is 2.22. The molecule has 0 saturated carbocycles. The van der Waals surface area contributed by atoms with Crippen molar-refractivity contribution in [2.75, 3.05) is 72.9 Å². The number of methoxy groups -OCH3 is 1. The lowest BCUT2D eigenvalue weighted by molar-refractivity contribution is -0.130. The van der Waals surface area contributed by atoms with E-state index in [4.69, 9.17) is 29.8 Å². The quantitative estimate of drug-likeness (QED) is 0.152. The second-order valence-corrected chi connectivity index (χ2v) is 11.1. The molecule has 44 heavy (non-hydrogen) atoms. The number of rotatable bonds is 21. The molecule has 1 aliphatic rings. The summed E-state index contributed by atoms with van der Waals surface area (Å²) >= 11 is 0. The zero-order valence-corrected chi connectivity index (χ0v) is 27.9. The van der Waals surface area contributed by atoms with Crippen molar-refractivity contribution in [2.24, 2.45) is 11.7 Å². The average Bonchev–Trinajstić information content (AvgIpc) is 3.02. The molecule has 5 N–H and O–H groups in total. The Morgan fingerprint density at radius 3 is 2.52 bits per heavy atom. The van der Waals surface area contributed by atoms with Crippen LogP contribution in [-0.2, 0) is 36.8 Å². The number of aryl methyl sites for hydroxylation is 1. The van der Waals surface area contributed by atoms with Crippen molar-refractivity contribution in [3.05, 3.63) is 29.3 Å². The van der Waals surface area contributed by atoms with Crippen molar-refractivity contribution >= 4 is 11.8 Å². The predicted octanol–water partition coefficient (Wildman–Crippen LogP) is 2.66. The van der Waals surface area contributed by atoms with Crippen molar-refractivity contribution in [3.8, 4) is 5.75 Å². The fourth-order valence-electron chi connectivity index (χ4n) is 4.66. The van der Waals surface area contributed by atoms with E-state index < -0.39 is 6.04 Å². The lowest BCUT2D eigenvalue weighted by Crippen LogP contribution is -2.51. The number of morpholine rings is 1. The maximum atomic E-state index is 12.9. The van der Waals surface area contributed by atoms with Crippen LogP contribution in [0.1, 0.15) is 70.9 Å². The highest BCUT2D eigenvalue weighted by atomic mass is 16.5. The molecule has 0 aromatic heterocycles. The molecule has 1 fully saturated rings. The van der Waals surface area contributed by atoms with Crippen LogP contribution in [-0.4, -0.2) is 107 Å². The summed E-state index contributed by atoms with van der Waals surface area (Å²) in [5.41, 5.74) is 8.47. The van der Waals surface area contributed by atoms with Crippen LogP contribution in [0.15, 0.2) is 18.2 Å². The van der Waals surface area contributed by atoms with Gasteiger partial charge in [-0.3, -0.25) is 14.5 Å². The van der Waals surface area contributed by atoms with Crippen LogP contribution in [0.4, 0.5) is 0 Å². The summed E-state index contributed by atoms with van der Waals surface area (Å²) in [6.45, 7) is 14.8. The summed E-state index contributed by atoms with van der Waals surface area (Å²) in [5.74, 6) is 0.685. The summed E-state index contributed by atoms with van der Waals surface area (Å²) in [4.78, 5) is 27.8. The molecular weight excluding hydrogens is 564 g/mol. The molecule has 1 aromatic carbocycles. The van der Waals surface area contributed by atoms with Gasteiger partial charge in [-0.2, -0.15) is 0 Å².